The lowest BCUT2D eigenvalue weighted by atomic mass is 9.84. The molecule has 0 amide bonds. The molecule has 7 nitrogen and oxygen atoms in total. The second kappa shape index (κ2) is 16.8. The summed E-state index contributed by atoms with van der Waals surface area (Å²) in [4.78, 5) is 22.4. The Bertz CT molecular complexity index is 823. The van der Waals surface area contributed by atoms with E-state index in [1.165, 1.54) is 14.2 Å². The van der Waals surface area contributed by atoms with E-state index in [9.17, 15) is 9.59 Å². The maximum absolute atomic E-state index is 11.2. The molecule has 0 aromatic heterocycles. The van der Waals surface area contributed by atoms with Crippen LogP contribution in [-0.4, -0.2) is 44.4 Å². The molecule has 0 radical (unpaired) electrons. The Morgan fingerprint density at radius 1 is 0.743 bits per heavy atom. The van der Waals surface area contributed by atoms with E-state index in [4.69, 9.17) is 15.2 Å². The Kier molecular flexibility index (Phi) is 15.4. The predicted molar refractivity (Wildman–Crippen MR) is 163 cm³/mol. The first-order valence-corrected chi connectivity index (χ1v) is 17.3. The monoisotopic (exact) mass is 823 g/mol. The van der Waals surface area contributed by atoms with Gasteiger partial charge in [-0.3, -0.25) is 0 Å². The molecule has 0 atom stereocenters. The Balaban J connectivity index is 0.000000318. The molecule has 194 valence electrons. The summed E-state index contributed by atoms with van der Waals surface area (Å²) in [5.74, 6) is 1.72. The van der Waals surface area contributed by atoms with E-state index >= 15 is 0 Å². The lowest BCUT2D eigenvalue weighted by Crippen LogP contribution is -2.43. The van der Waals surface area contributed by atoms with Crippen LogP contribution < -0.4 is 15.2 Å². The van der Waals surface area contributed by atoms with Crippen molar-refractivity contribution >= 4 is 73.1 Å². The van der Waals surface area contributed by atoms with Gasteiger partial charge in [0, 0.05) is 43.3 Å². The number of carbonyl (C=O) groups is 2. The molecule has 2 fully saturated rings. The topological polar surface area (TPSA) is 97.1 Å². The van der Waals surface area contributed by atoms with Crippen LogP contribution in [0.1, 0.15) is 53.3 Å². The van der Waals surface area contributed by atoms with E-state index < -0.39 is 0 Å². The summed E-state index contributed by atoms with van der Waals surface area (Å²) in [6.07, 6.45) is 4.62. The van der Waals surface area contributed by atoms with Crippen LogP contribution in [-0.2, 0) is 9.47 Å². The van der Waals surface area contributed by atoms with E-state index in [1.807, 2.05) is 12.1 Å². The fourth-order valence-corrected chi connectivity index (χ4v) is 3.59. The van der Waals surface area contributed by atoms with Gasteiger partial charge in [0.25, 0.3) is 0 Å². The van der Waals surface area contributed by atoms with Crippen molar-refractivity contribution in [1.82, 2.24) is 0 Å². The second-order valence-corrected chi connectivity index (χ2v) is 8.32. The average Bonchev–Trinajstić information content (AvgIpc) is 2.83. The van der Waals surface area contributed by atoms with Gasteiger partial charge in [-0.05, 0) is 80.1 Å². The molecule has 35 heavy (non-hydrogen) atoms. The summed E-state index contributed by atoms with van der Waals surface area (Å²) < 4.78 is 20.6. The first kappa shape index (κ1) is 32.2. The number of rotatable bonds is 6. The first-order chi connectivity index (χ1) is 16.4. The number of esters is 2. The van der Waals surface area contributed by atoms with Gasteiger partial charge in [0.1, 0.15) is 17.6 Å². The fraction of sp³-hybridized carbons (Fsp3) is 0.440. The third-order valence-corrected chi connectivity index (χ3v) is 5.62. The largest absolute Gasteiger partial charge is 0.490 e. The molecule has 4 rings (SSSR count). The number of benzene rings is 2. The second-order valence-electron chi connectivity index (χ2n) is 8.32. The Hall–Kier alpha value is -0.870. The highest BCUT2D eigenvalue weighted by Crippen LogP contribution is 2.30. The summed E-state index contributed by atoms with van der Waals surface area (Å²) >= 11 is 4.24. The van der Waals surface area contributed by atoms with E-state index in [0.717, 1.165) is 43.1 Å². The van der Waals surface area contributed by atoms with Crippen molar-refractivity contribution in [1.29, 1.82) is 0 Å². The van der Waals surface area contributed by atoms with Crippen molar-refractivity contribution in [2.24, 2.45) is 11.7 Å². The Morgan fingerprint density at radius 2 is 1.09 bits per heavy atom. The molecule has 0 aliphatic heterocycles. The smallest absolute Gasteiger partial charge is 0.337 e. The highest BCUT2D eigenvalue weighted by Gasteiger charge is 2.28. The number of nitrogens with two attached hydrogens (primary N) is 1. The van der Waals surface area contributed by atoms with Crippen LogP contribution in [0.4, 0.5) is 0 Å². The number of carbonyl (C=O) groups excluding carboxylic acids is 2. The lowest BCUT2D eigenvalue weighted by molar-refractivity contribution is 0.0591. The quantitative estimate of drug-likeness (QED) is 0.267. The number of halogens is 3. The summed E-state index contributed by atoms with van der Waals surface area (Å²) in [6, 6.07) is 14.3. The third kappa shape index (κ3) is 10.6. The van der Waals surface area contributed by atoms with Gasteiger partial charge in [-0.25, -0.2) is 9.59 Å². The first-order valence-electron chi connectivity index (χ1n) is 11.0. The van der Waals surface area contributed by atoms with Crippen molar-refractivity contribution in [3.63, 3.8) is 0 Å². The lowest BCUT2D eigenvalue weighted by Gasteiger charge is -2.32. The molecule has 0 unspecified atom stereocenters. The van der Waals surface area contributed by atoms with Crippen LogP contribution in [0.5, 0.6) is 11.5 Å². The minimum atomic E-state index is -0.336. The zero-order valence-corrected chi connectivity index (χ0v) is 26.6. The molecular formula is C25H32I3NO6. The third-order valence-electron chi connectivity index (χ3n) is 5.62. The summed E-state index contributed by atoms with van der Waals surface area (Å²) in [5.41, 5.74) is 6.74. The van der Waals surface area contributed by atoms with E-state index in [-0.39, 0.29) is 48.1 Å². The standard InChI is InChI=1S/C13H16O3.C12H15NO3.I2.HI/c1-9-7-12(8-9)16-11-5-3-10(4-6-11)13(14)15-2;1-15-12(14)8-2-4-10(5-3-8)16-11-6-9(13)7-11;1-2;/h3-6,9,12H,7-8H2,1-2H3;2-5,9,11H,6-7,13H2,1H3;;1H. The number of ether oxygens (including phenoxy) is 4. The number of methoxy groups -OCH3 is 2. The molecule has 0 saturated heterocycles. The molecule has 10 heteroatoms. The minimum Gasteiger partial charge on any atom is -0.490 e. The number of hydrogen-bond donors (Lipinski definition) is 1. The van der Waals surface area contributed by atoms with Gasteiger partial charge < -0.3 is 24.7 Å². The van der Waals surface area contributed by atoms with Crippen LogP contribution in [0.2, 0.25) is 0 Å². The van der Waals surface area contributed by atoms with Crippen LogP contribution >= 0.6 is 61.2 Å². The van der Waals surface area contributed by atoms with Crippen molar-refractivity contribution < 1.29 is 28.5 Å². The Labute approximate surface area is 247 Å². The highest BCUT2D eigenvalue weighted by molar-refractivity contribution is 15.0. The summed E-state index contributed by atoms with van der Waals surface area (Å²) in [7, 11) is 2.74. The molecule has 2 aromatic carbocycles. The number of hydrogen-bond acceptors (Lipinski definition) is 7. The molecule has 2 aliphatic rings. The minimum absolute atomic E-state index is 0. The zero-order valence-electron chi connectivity index (χ0n) is 19.9. The van der Waals surface area contributed by atoms with Gasteiger partial charge in [0.05, 0.1) is 31.5 Å². The average molecular weight is 823 g/mol. The van der Waals surface area contributed by atoms with Crippen LogP contribution in [0.25, 0.3) is 0 Å². The van der Waals surface area contributed by atoms with E-state index in [1.54, 1.807) is 36.4 Å². The van der Waals surface area contributed by atoms with Crippen molar-refractivity contribution in [3.05, 3.63) is 59.7 Å². The van der Waals surface area contributed by atoms with Crippen LogP contribution in [0.15, 0.2) is 48.5 Å². The summed E-state index contributed by atoms with van der Waals surface area (Å²) in [5, 5.41) is 0. The maximum atomic E-state index is 11.2. The van der Waals surface area contributed by atoms with Crippen molar-refractivity contribution in [2.45, 2.75) is 50.9 Å². The molecule has 2 saturated carbocycles. The van der Waals surface area contributed by atoms with Crippen molar-refractivity contribution in [2.75, 3.05) is 14.2 Å². The van der Waals surface area contributed by atoms with Gasteiger partial charge >= 0.3 is 11.9 Å². The summed E-state index contributed by atoms with van der Waals surface area (Å²) in [6.45, 7) is 2.22. The van der Waals surface area contributed by atoms with Crippen LogP contribution in [0, 0.1) is 5.92 Å². The van der Waals surface area contributed by atoms with Gasteiger partial charge in [0.2, 0.25) is 0 Å². The normalized spacial score (nSPS) is 21.5. The van der Waals surface area contributed by atoms with E-state index in [0.29, 0.717) is 17.2 Å². The molecule has 2 aliphatic carbocycles. The SMILES string of the molecule is COC(=O)c1ccc(OC2CC(C)C2)cc1.COC(=O)c1ccc(OC2CC(N)C2)cc1.I.II. The highest BCUT2D eigenvalue weighted by atomic mass is 128. The van der Waals surface area contributed by atoms with Gasteiger partial charge in [-0.15, -0.1) is 24.0 Å². The molecule has 2 N–H and O–H groups in total. The molecule has 2 aromatic rings. The molecule has 0 spiro atoms. The predicted octanol–water partition coefficient (Wildman–Crippen LogP) is 6.38. The van der Waals surface area contributed by atoms with Gasteiger partial charge in [0.15, 0.2) is 0 Å². The fourth-order valence-electron chi connectivity index (χ4n) is 3.59. The molecular weight excluding hydrogens is 791 g/mol. The van der Waals surface area contributed by atoms with Crippen molar-refractivity contribution in [3.8, 4) is 11.5 Å². The zero-order chi connectivity index (χ0) is 25.1. The van der Waals surface area contributed by atoms with E-state index in [2.05, 4.69) is 53.6 Å². The molecule has 0 heterocycles. The van der Waals surface area contributed by atoms with Gasteiger partial charge in [-0.2, -0.15) is 0 Å². The Morgan fingerprint density at radius 3 is 1.37 bits per heavy atom. The van der Waals surface area contributed by atoms with Crippen LogP contribution in [0.3, 0.4) is 0 Å². The van der Waals surface area contributed by atoms with Gasteiger partial charge in [-0.1, -0.05) is 6.92 Å². The maximum Gasteiger partial charge on any atom is 0.337 e. The molecule has 0 bridgehead atoms.